The van der Waals surface area contributed by atoms with Crippen LogP contribution in [0.3, 0.4) is 0 Å². The average Bonchev–Trinajstić information content (AvgIpc) is 2.24. The third-order valence-corrected chi connectivity index (χ3v) is 1.85. The Bertz CT molecular complexity index is 341. The standard InChI is InChI=1S/C9H11F4N3O/c1-6(8-15-4-7(10)5-16-8)14-2-3-17-9(11,12)13/h4-6,14H,2-3H2,1H3. The van der Waals surface area contributed by atoms with Crippen LogP contribution >= 0.6 is 0 Å². The molecule has 1 aromatic heterocycles. The van der Waals surface area contributed by atoms with Crippen molar-refractivity contribution in [3.05, 3.63) is 24.0 Å². The highest BCUT2D eigenvalue weighted by molar-refractivity contribution is 4.95. The third kappa shape index (κ3) is 5.55. The number of nitrogens with one attached hydrogen (secondary N) is 1. The van der Waals surface area contributed by atoms with Crippen molar-refractivity contribution < 1.29 is 22.3 Å². The van der Waals surface area contributed by atoms with Crippen molar-refractivity contribution in [2.24, 2.45) is 0 Å². The highest BCUT2D eigenvalue weighted by Crippen LogP contribution is 2.15. The molecule has 0 amide bonds. The molecule has 0 aliphatic carbocycles. The van der Waals surface area contributed by atoms with Crippen LogP contribution in [0.5, 0.6) is 0 Å². The van der Waals surface area contributed by atoms with Crippen LogP contribution in [0.15, 0.2) is 12.4 Å². The minimum Gasteiger partial charge on any atom is -0.305 e. The van der Waals surface area contributed by atoms with E-state index in [1.807, 2.05) is 0 Å². The van der Waals surface area contributed by atoms with Crippen molar-refractivity contribution in [3.8, 4) is 0 Å². The average molecular weight is 253 g/mol. The van der Waals surface area contributed by atoms with Crippen molar-refractivity contribution in [1.29, 1.82) is 0 Å². The van der Waals surface area contributed by atoms with Crippen molar-refractivity contribution in [3.63, 3.8) is 0 Å². The summed E-state index contributed by atoms with van der Waals surface area (Å²) >= 11 is 0. The first kappa shape index (κ1) is 13.8. The molecule has 0 saturated heterocycles. The van der Waals surface area contributed by atoms with E-state index < -0.39 is 18.8 Å². The Balaban J connectivity index is 2.30. The van der Waals surface area contributed by atoms with E-state index in [4.69, 9.17) is 0 Å². The Morgan fingerprint density at radius 2 is 1.94 bits per heavy atom. The number of ether oxygens (including phenoxy) is 1. The van der Waals surface area contributed by atoms with E-state index in [1.54, 1.807) is 6.92 Å². The Hall–Kier alpha value is -1.28. The molecule has 1 heterocycles. The molecular weight excluding hydrogens is 242 g/mol. The normalized spacial score (nSPS) is 13.7. The lowest BCUT2D eigenvalue weighted by Gasteiger charge is -2.13. The molecule has 17 heavy (non-hydrogen) atoms. The van der Waals surface area contributed by atoms with E-state index in [2.05, 4.69) is 20.0 Å². The quantitative estimate of drug-likeness (QED) is 0.642. The maximum atomic E-state index is 12.5. The summed E-state index contributed by atoms with van der Waals surface area (Å²) in [6, 6.07) is -0.382. The van der Waals surface area contributed by atoms with Crippen LogP contribution in [0.25, 0.3) is 0 Å². The van der Waals surface area contributed by atoms with Crippen LogP contribution in [0, 0.1) is 5.82 Å². The first-order valence-corrected chi connectivity index (χ1v) is 4.80. The van der Waals surface area contributed by atoms with Gasteiger partial charge in [0.05, 0.1) is 25.0 Å². The molecule has 1 rings (SSSR count). The number of halogens is 4. The van der Waals surface area contributed by atoms with Crippen molar-refractivity contribution in [2.45, 2.75) is 19.3 Å². The molecular formula is C9H11F4N3O. The number of hydrogen-bond acceptors (Lipinski definition) is 4. The third-order valence-electron chi connectivity index (χ3n) is 1.85. The molecule has 0 radical (unpaired) electrons. The maximum absolute atomic E-state index is 12.5. The number of alkyl halides is 3. The van der Waals surface area contributed by atoms with Crippen molar-refractivity contribution in [2.75, 3.05) is 13.2 Å². The molecule has 0 spiro atoms. The molecule has 8 heteroatoms. The van der Waals surface area contributed by atoms with Gasteiger partial charge < -0.3 is 5.32 Å². The fourth-order valence-electron chi connectivity index (χ4n) is 1.08. The van der Waals surface area contributed by atoms with Crippen LogP contribution in [-0.2, 0) is 4.74 Å². The molecule has 1 atom stereocenters. The number of aromatic nitrogens is 2. The predicted molar refractivity (Wildman–Crippen MR) is 50.4 cm³/mol. The molecule has 0 aromatic carbocycles. The van der Waals surface area contributed by atoms with Crippen LogP contribution in [0.4, 0.5) is 17.6 Å². The van der Waals surface area contributed by atoms with Gasteiger partial charge in [0, 0.05) is 6.54 Å². The van der Waals surface area contributed by atoms with E-state index in [9.17, 15) is 17.6 Å². The molecule has 0 saturated carbocycles. The lowest BCUT2D eigenvalue weighted by atomic mass is 10.3. The van der Waals surface area contributed by atoms with Gasteiger partial charge in [-0.1, -0.05) is 0 Å². The van der Waals surface area contributed by atoms with Crippen LogP contribution in [0.2, 0.25) is 0 Å². The summed E-state index contributed by atoms with van der Waals surface area (Å²) in [5.41, 5.74) is 0. The van der Waals surface area contributed by atoms with Gasteiger partial charge in [-0.25, -0.2) is 14.4 Å². The maximum Gasteiger partial charge on any atom is 0.522 e. The molecule has 0 bridgehead atoms. The van der Waals surface area contributed by atoms with Gasteiger partial charge in [0.15, 0.2) is 5.82 Å². The highest BCUT2D eigenvalue weighted by Gasteiger charge is 2.28. The zero-order valence-corrected chi connectivity index (χ0v) is 8.96. The number of nitrogens with zero attached hydrogens (tertiary/aromatic N) is 2. The topological polar surface area (TPSA) is 47.0 Å². The zero-order chi connectivity index (χ0) is 12.9. The summed E-state index contributed by atoms with van der Waals surface area (Å²) in [4.78, 5) is 7.39. The summed E-state index contributed by atoms with van der Waals surface area (Å²) < 4.78 is 51.0. The zero-order valence-electron chi connectivity index (χ0n) is 8.96. The second-order valence-electron chi connectivity index (χ2n) is 3.23. The van der Waals surface area contributed by atoms with Gasteiger partial charge in [-0.3, -0.25) is 4.74 Å². The summed E-state index contributed by atoms with van der Waals surface area (Å²) in [6.07, 6.45) is -2.64. The lowest BCUT2D eigenvalue weighted by molar-refractivity contribution is -0.323. The van der Waals surface area contributed by atoms with Crippen LogP contribution in [0.1, 0.15) is 18.8 Å². The lowest BCUT2D eigenvalue weighted by Crippen LogP contribution is -2.27. The minimum absolute atomic E-state index is 0.0125. The molecule has 96 valence electrons. The second kappa shape index (κ2) is 5.87. The first-order valence-electron chi connectivity index (χ1n) is 4.80. The Morgan fingerprint density at radius 3 is 2.47 bits per heavy atom. The van der Waals surface area contributed by atoms with Gasteiger partial charge in [0.1, 0.15) is 5.82 Å². The second-order valence-corrected chi connectivity index (χ2v) is 3.23. The van der Waals surface area contributed by atoms with Gasteiger partial charge in [0.2, 0.25) is 0 Å². The van der Waals surface area contributed by atoms with Crippen LogP contribution in [-0.4, -0.2) is 29.5 Å². The molecule has 1 N–H and O–H groups in total. The smallest absolute Gasteiger partial charge is 0.305 e. The van der Waals surface area contributed by atoms with Gasteiger partial charge >= 0.3 is 6.36 Å². The van der Waals surface area contributed by atoms with Gasteiger partial charge in [0.25, 0.3) is 0 Å². The molecule has 1 aromatic rings. The van der Waals surface area contributed by atoms with E-state index >= 15 is 0 Å². The SMILES string of the molecule is CC(NCCOC(F)(F)F)c1ncc(F)cn1. The van der Waals surface area contributed by atoms with Crippen molar-refractivity contribution in [1.82, 2.24) is 15.3 Å². The first-order chi connectivity index (χ1) is 7.88. The monoisotopic (exact) mass is 253 g/mol. The van der Waals surface area contributed by atoms with Crippen LogP contribution < -0.4 is 5.32 Å². The largest absolute Gasteiger partial charge is 0.522 e. The fraction of sp³-hybridized carbons (Fsp3) is 0.556. The number of hydrogen-bond donors (Lipinski definition) is 1. The van der Waals surface area contributed by atoms with E-state index in [1.165, 1.54) is 0 Å². The van der Waals surface area contributed by atoms with E-state index in [-0.39, 0.29) is 12.6 Å². The van der Waals surface area contributed by atoms with Gasteiger partial charge in [-0.15, -0.1) is 13.2 Å². The molecule has 0 fully saturated rings. The summed E-state index contributed by atoms with van der Waals surface area (Å²) in [5.74, 6) is -0.264. The summed E-state index contributed by atoms with van der Waals surface area (Å²) in [5, 5.41) is 2.72. The molecule has 0 aliphatic heterocycles. The Kier molecular flexibility index (Phi) is 4.76. The molecule has 0 aliphatic rings. The van der Waals surface area contributed by atoms with Gasteiger partial charge in [-0.2, -0.15) is 0 Å². The molecule has 1 unspecified atom stereocenters. The minimum atomic E-state index is -4.63. The van der Waals surface area contributed by atoms with E-state index in [0.717, 1.165) is 12.4 Å². The Morgan fingerprint density at radius 1 is 1.35 bits per heavy atom. The van der Waals surface area contributed by atoms with Gasteiger partial charge in [-0.05, 0) is 6.92 Å². The summed E-state index contributed by atoms with van der Waals surface area (Å²) in [6.45, 7) is 1.14. The fourth-order valence-corrected chi connectivity index (χ4v) is 1.08. The Labute approximate surface area is 95.0 Å². The number of rotatable bonds is 5. The summed E-state index contributed by atoms with van der Waals surface area (Å²) in [7, 11) is 0. The highest BCUT2D eigenvalue weighted by atomic mass is 19.4. The van der Waals surface area contributed by atoms with Crippen molar-refractivity contribution >= 4 is 0 Å². The predicted octanol–water partition coefficient (Wildman–Crippen LogP) is 1.80. The van der Waals surface area contributed by atoms with E-state index in [0.29, 0.717) is 5.82 Å². The molecule has 4 nitrogen and oxygen atoms in total.